The van der Waals surface area contributed by atoms with Gasteiger partial charge in [-0.1, -0.05) is 35.9 Å². The number of hydrogen-bond donors (Lipinski definition) is 0. The number of fused-ring (bicyclic) bond motifs is 2. The summed E-state index contributed by atoms with van der Waals surface area (Å²) in [7, 11) is -0.343. The number of rotatable bonds is 3. The fourth-order valence-electron chi connectivity index (χ4n) is 4.74. The van der Waals surface area contributed by atoms with E-state index in [1.165, 1.54) is 11.1 Å². The van der Waals surface area contributed by atoms with Gasteiger partial charge in [-0.25, -0.2) is 4.79 Å². The minimum Gasteiger partial charge on any atom is -0.444 e. The number of nitrogens with zero attached hydrogens (tertiary/aromatic N) is 1. The molecule has 0 N–H and O–H groups in total. The van der Waals surface area contributed by atoms with Crippen molar-refractivity contribution in [3.05, 3.63) is 41.5 Å². The minimum absolute atomic E-state index is 0.148. The van der Waals surface area contributed by atoms with Crippen molar-refractivity contribution >= 4 is 18.7 Å². The SMILES string of the molecule is CC(C)(C)OC(=O)N1C2C=C(Cc3cccc(B4OC(C)(C)C(C)(C)O4)c3)CC1CC2. The van der Waals surface area contributed by atoms with Crippen LogP contribution in [0.25, 0.3) is 0 Å². The van der Waals surface area contributed by atoms with Gasteiger partial charge in [0, 0.05) is 6.04 Å². The van der Waals surface area contributed by atoms with E-state index >= 15 is 0 Å². The Hall–Kier alpha value is -1.79. The van der Waals surface area contributed by atoms with E-state index in [2.05, 4.69) is 58.0 Å². The minimum atomic E-state index is -0.464. The normalized spacial score (nSPS) is 26.7. The van der Waals surface area contributed by atoms with Crippen molar-refractivity contribution < 1.29 is 18.8 Å². The summed E-state index contributed by atoms with van der Waals surface area (Å²) in [6.45, 7) is 14.1. The third kappa shape index (κ3) is 4.56. The predicted molar refractivity (Wildman–Crippen MR) is 123 cm³/mol. The summed E-state index contributed by atoms with van der Waals surface area (Å²) in [6.07, 6.45) is 5.96. The van der Waals surface area contributed by atoms with E-state index in [0.717, 1.165) is 31.1 Å². The molecule has 4 rings (SSSR count). The third-order valence-electron chi connectivity index (χ3n) is 6.98. The van der Waals surface area contributed by atoms with Crippen LogP contribution in [0.1, 0.15) is 73.3 Å². The zero-order chi connectivity index (χ0) is 22.6. The van der Waals surface area contributed by atoms with Gasteiger partial charge < -0.3 is 14.0 Å². The lowest BCUT2D eigenvalue weighted by molar-refractivity contribution is 0.00578. The molecule has 0 saturated carbocycles. The molecular formula is C25H36BNO4. The van der Waals surface area contributed by atoms with Crippen LogP contribution in [0.5, 0.6) is 0 Å². The standard InChI is InChI=1S/C25H36BNO4/c1-23(2,3)29-22(28)27-20-11-12-21(27)16-18(15-20)13-17-9-8-10-19(14-17)26-30-24(4,5)25(6,7)31-26/h8-10,14-15,20-21H,11-13,16H2,1-7H3. The van der Waals surface area contributed by atoms with Crippen LogP contribution in [-0.4, -0.2) is 47.0 Å². The highest BCUT2D eigenvalue weighted by atomic mass is 16.7. The van der Waals surface area contributed by atoms with Gasteiger partial charge in [0.25, 0.3) is 0 Å². The Balaban J connectivity index is 1.46. The molecule has 168 valence electrons. The van der Waals surface area contributed by atoms with E-state index in [-0.39, 0.29) is 36.5 Å². The van der Waals surface area contributed by atoms with Crippen molar-refractivity contribution in [2.45, 2.75) is 103 Å². The molecule has 0 spiro atoms. The van der Waals surface area contributed by atoms with Crippen molar-refractivity contribution in [3.63, 3.8) is 0 Å². The molecule has 0 aromatic heterocycles. The summed E-state index contributed by atoms with van der Waals surface area (Å²) in [6, 6.07) is 8.92. The molecule has 0 radical (unpaired) electrons. The van der Waals surface area contributed by atoms with Gasteiger partial charge in [-0.05, 0) is 85.2 Å². The van der Waals surface area contributed by atoms with E-state index < -0.39 is 5.60 Å². The van der Waals surface area contributed by atoms with Crippen LogP contribution in [0, 0.1) is 0 Å². The smallest absolute Gasteiger partial charge is 0.444 e. The molecule has 2 atom stereocenters. The molecule has 3 aliphatic heterocycles. The lowest BCUT2D eigenvalue weighted by Crippen LogP contribution is -2.45. The predicted octanol–water partition coefficient (Wildman–Crippen LogP) is 4.63. The number of carbonyl (C=O) groups is 1. The quantitative estimate of drug-likeness (QED) is 0.524. The topological polar surface area (TPSA) is 48.0 Å². The molecule has 3 heterocycles. The molecule has 3 aliphatic rings. The van der Waals surface area contributed by atoms with Crippen LogP contribution in [-0.2, 0) is 20.5 Å². The van der Waals surface area contributed by atoms with Crippen molar-refractivity contribution in [2.75, 3.05) is 0 Å². The second kappa shape index (κ2) is 7.66. The van der Waals surface area contributed by atoms with Crippen LogP contribution in [0.4, 0.5) is 4.79 Å². The third-order valence-corrected chi connectivity index (χ3v) is 6.98. The molecule has 6 heteroatoms. The Labute approximate surface area is 187 Å². The molecule has 2 bridgehead atoms. The van der Waals surface area contributed by atoms with Gasteiger partial charge in [0.05, 0.1) is 17.2 Å². The number of hydrogen-bond acceptors (Lipinski definition) is 4. The first-order chi connectivity index (χ1) is 14.3. The summed E-state index contributed by atoms with van der Waals surface area (Å²) < 4.78 is 18.1. The van der Waals surface area contributed by atoms with E-state index in [1.54, 1.807) is 0 Å². The lowest BCUT2D eigenvalue weighted by Gasteiger charge is -2.35. The van der Waals surface area contributed by atoms with Gasteiger partial charge in [-0.3, -0.25) is 4.90 Å². The number of carbonyl (C=O) groups excluding carboxylic acids is 1. The van der Waals surface area contributed by atoms with E-state index in [0.29, 0.717) is 0 Å². The molecule has 31 heavy (non-hydrogen) atoms. The average Bonchev–Trinajstić information content (AvgIpc) is 3.03. The van der Waals surface area contributed by atoms with Gasteiger partial charge >= 0.3 is 13.2 Å². The van der Waals surface area contributed by atoms with Crippen LogP contribution in [0.2, 0.25) is 0 Å². The van der Waals surface area contributed by atoms with E-state index in [4.69, 9.17) is 14.0 Å². The van der Waals surface area contributed by atoms with Gasteiger partial charge in [0.1, 0.15) is 5.60 Å². The fourth-order valence-corrected chi connectivity index (χ4v) is 4.74. The average molecular weight is 425 g/mol. The van der Waals surface area contributed by atoms with Gasteiger partial charge in [-0.2, -0.15) is 0 Å². The summed E-state index contributed by atoms with van der Waals surface area (Å²) in [5.41, 5.74) is 2.57. The highest BCUT2D eigenvalue weighted by Gasteiger charge is 2.51. The Morgan fingerprint density at radius 2 is 1.84 bits per heavy atom. The molecule has 2 fully saturated rings. The summed E-state index contributed by atoms with van der Waals surface area (Å²) >= 11 is 0. The molecular weight excluding hydrogens is 389 g/mol. The van der Waals surface area contributed by atoms with Gasteiger partial charge in [-0.15, -0.1) is 0 Å². The Morgan fingerprint density at radius 3 is 2.45 bits per heavy atom. The number of ether oxygens (including phenoxy) is 1. The molecule has 0 aliphatic carbocycles. The maximum absolute atomic E-state index is 12.7. The van der Waals surface area contributed by atoms with Crippen molar-refractivity contribution in [2.24, 2.45) is 0 Å². The van der Waals surface area contributed by atoms with Crippen molar-refractivity contribution in [1.29, 1.82) is 0 Å². The summed E-state index contributed by atoms with van der Waals surface area (Å²) in [4.78, 5) is 14.6. The molecule has 2 saturated heterocycles. The first-order valence-electron chi connectivity index (χ1n) is 11.5. The lowest BCUT2D eigenvalue weighted by atomic mass is 9.78. The van der Waals surface area contributed by atoms with Crippen LogP contribution in [0.3, 0.4) is 0 Å². The largest absolute Gasteiger partial charge is 0.494 e. The van der Waals surface area contributed by atoms with Crippen LogP contribution in [0.15, 0.2) is 35.9 Å². The van der Waals surface area contributed by atoms with Gasteiger partial charge in [0.15, 0.2) is 0 Å². The molecule has 2 unspecified atom stereocenters. The summed E-state index contributed by atoms with van der Waals surface area (Å²) in [5.74, 6) is 0. The molecule has 1 aromatic carbocycles. The Morgan fingerprint density at radius 1 is 1.16 bits per heavy atom. The van der Waals surface area contributed by atoms with Crippen LogP contribution >= 0.6 is 0 Å². The number of benzene rings is 1. The van der Waals surface area contributed by atoms with Gasteiger partial charge in [0.2, 0.25) is 0 Å². The summed E-state index contributed by atoms with van der Waals surface area (Å²) in [5, 5.41) is 0. The Kier molecular flexibility index (Phi) is 5.54. The fraction of sp³-hybridized carbons (Fsp3) is 0.640. The second-order valence-corrected chi connectivity index (χ2v) is 11.2. The first-order valence-corrected chi connectivity index (χ1v) is 11.5. The number of amides is 1. The Bertz CT molecular complexity index is 870. The highest BCUT2D eigenvalue weighted by Crippen LogP contribution is 2.38. The monoisotopic (exact) mass is 425 g/mol. The molecule has 1 aromatic rings. The zero-order valence-corrected chi connectivity index (χ0v) is 20.0. The zero-order valence-electron chi connectivity index (χ0n) is 20.0. The maximum atomic E-state index is 12.7. The molecule has 5 nitrogen and oxygen atoms in total. The molecule has 1 amide bonds. The highest BCUT2D eigenvalue weighted by molar-refractivity contribution is 6.62. The van der Waals surface area contributed by atoms with Crippen molar-refractivity contribution in [3.8, 4) is 0 Å². The van der Waals surface area contributed by atoms with Crippen molar-refractivity contribution in [1.82, 2.24) is 4.90 Å². The van der Waals surface area contributed by atoms with Crippen LogP contribution < -0.4 is 5.46 Å². The van der Waals surface area contributed by atoms with E-state index in [1.807, 2.05) is 25.7 Å². The second-order valence-electron chi connectivity index (χ2n) is 11.2. The van der Waals surface area contributed by atoms with E-state index in [9.17, 15) is 4.79 Å². The first kappa shape index (κ1) is 22.4. The maximum Gasteiger partial charge on any atom is 0.494 e.